The smallest absolute Gasteiger partial charge is 0.199 e. The number of ether oxygens (including phenoxy) is 2. The van der Waals surface area contributed by atoms with Gasteiger partial charge in [-0.25, -0.2) is 0 Å². The first-order valence-electron chi connectivity index (χ1n) is 7.36. The maximum Gasteiger partial charge on any atom is 0.199 e. The molecule has 0 bridgehead atoms. The number of carbonyl (C=O) groups excluding carboxylic acids is 1. The fraction of sp³-hybridized carbons (Fsp3) is 0.375. The Morgan fingerprint density at radius 3 is 2.87 bits per heavy atom. The largest absolute Gasteiger partial charge is 0.467 e. The molecule has 0 spiro atoms. The van der Waals surface area contributed by atoms with Crippen LogP contribution in [0.25, 0.3) is 0 Å². The predicted octanol–water partition coefficient (Wildman–Crippen LogP) is 2.39. The van der Waals surface area contributed by atoms with E-state index in [0.29, 0.717) is 33.1 Å². The summed E-state index contributed by atoms with van der Waals surface area (Å²) >= 11 is 0. The lowest BCUT2D eigenvalue weighted by atomic mass is 10.00. The summed E-state index contributed by atoms with van der Waals surface area (Å²) in [4.78, 5) is 13.4. The van der Waals surface area contributed by atoms with E-state index in [1.54, 1.807) is 18.4 Å². The van der Waals surface area contributed by atoms with Crippen LogP contribution in [0.5, 0.6) is 5.75 Å². The molecule has 1 fully saturated rings. The molecule has 6 nitrogen and oxygen atoms in total. The third kappa shape index (κ3) is 2.49. The molecule has 1 aliphatic carbocycles. The number of aromatic nitrogens is 1. The first-order valence-corrected chi connectivity index (χ1v) is 8.91. The second-order valence-electron chi connectivity index (χ2n) is 5.69. The highest BCUT2D eigenvalue weighted by Gasteiger charge is 2.34. The summed E-state index contributed by atoms with van der Waals surface area (Å²) < 4.78 is 28.2. The number of hydrogen-bond donors (Lipinski definition) is 0. The highest BCUT2D eigenvalue weighted by Crippen LogP contribution is 2.42. The zero-order valence-electron chi connectivity index (χ0n) is 12.5. The predicted molar refractivity (Wildman–Crippen MR) is 81.0 cm³/mol. The molecule has 0 N–H and O–H groups in total. The van der Waals surface area contributed by atoms with E-state index in [-0.39, 0.29) is 25.1 Å². The average Bonchev–Trinajstić information content (AvgIpc) is 3.29. The summed E-state index contributed by atoms with van der Waals surface area (Å²) in [6, 6.07) is 3.39. The van der Waals surface area contributed by atoms with Gasteiger partial charge in [-0.3, -0.25) is 9.00 Å². The van der Waals surface area contributed by atoms with Crippen LogP contribution in [-0.4, -0.2) is 28.2 Å². The van der Waals surface area contributed by atoms with Crippen LogP contribution in [0.2, 0.25) is 0 Å². The summed E-state index contributed by atoms with van der Waals surface area (Å²) in [5.74, 6) is 1.31. The van der Waals surface area contributed by atoms with Gasteiger partial charge in [-0.1, -0.05) is 5.16 Å². The van der Waals surface area contributed by atoms with E-state index in [1.807, 2.05) is 0 Å². The quantitative estimate of drug-likeness (QED) is 0.800. The van der Waals surface area contributed by atoms with E-state index < -0.39 is 10.8 Å². The molecule has 1 aliphatic heterocycles. The molecular formula is C16H15NO5S. The van der Waals surface area contributed by atoms with Gasteiger partial charge in [-0.2, -0.15) is 0 Å². The monoisotopic (exact) mass is 333 g/mol. The molecule has 0 saturated heterocycles. The van der Waals surface area contributed by atoms with E-state index in [9.17, 15) is 9.00 Å². The van der Waals surface area contributed by atoms with Crippen LogP contribution < -0.4 is 4.74 Å². The van der Waals surface area contributed by atoms with Crippen LogP contribution in [-0.2, 0) is 22.1 Å². The molecule has 23 heavy (non-hydrogen) atoms. The third-order valence-corrected chi connectivity index (χ3v) is 5.13. The van der Waals surface area contributed by atoms with E-state index in [4.69, 9.17) is 14.0 Å². The first kappa shape index (κ1) is 14.6. The number of rotatable bonds is 4. The molecule has 4 rings (SSSR count). The van der Waals surface area contributed by atoms with Crippen LogP contribution >= 0.6 is 0 Å². The van der Waals surface area contributed by atoms with Crippen molar-refractivity contribution in [1.29, 1.82) is 0 Å². The standard InChI is InChI=1S/C16H15NO5S/c1-23(19)16-10(4-5-13-12(16)7-20-8-21-13)14(18)11-6-17-22-15(11)9-2-3-9/h4-6,9H,2-3,7-8H2,1H3. The number of ketones is 1. The zero-order chi connectivity index (χ0) is 16.0. The Hall–Kier alpha value is -1.99. The minimum Gasteiger partial charge on any atom is -0.467 e. The van der Waals surface area contributed by atoms with E-state index in [2.05, 4.69) is 5.16 Å². The SMILES string of the molecule is CS(=O)c1c(C(=O)c2cnoc2C2CC2)ccc2c1COCO2. The number of nitrogens with zero attached hydrogens (tertiary/aromatic N) is 1. The molecule has 1 saturated carbocycles. The summed E-state index contributed by atoms with van der Waals surface area (Å²) in [6.07, 6.45) is 5.02. The Balaban J connectivity index is 1.83. The van der Waals surface area contributed by atoms with Crippen molar-refractivity contribution < 1.29 is 23.0 Å². The number of carbonyl (C=O) groups is 1. The molecule has 120 valence electrons. The molecule has 2 aromatic rings. The van der Waals surface area contributed by atoms with Gasteiger partial charge < -0.3 is 14.0 Å². The zero-order valence-corrected chi connectivity index (χ0v) is 13.4. The van der Waals surface area contributed by atoms with Crippen molar-refractivity contribution in [2.75, 3.05) is 13.0 Å². The van der Waals surface area contributed by atoms with Crippen molar-refractivity contribution in [3.8, 4) is 5.75 Å². The fourth-order valence-electron chi connectivity index (χ4n) is 2.84. The van der Waals surface area contributed by atoms with E-state index >= 15 is 0 Å². The molecule has 2 aliphatic rings. The van der Waals surface area contributed by atoms with Crippen molar-refractivity contribution in [3.63, 3.8) is 0 Å². The van der Waals surface area contributed by atoms with E-state index in [1.165, 1.54) is 6.20 Å². The Labute approximate surface area is 135 Å². The second kappa shape index (κ2) is 5.58. The summed E-state index contributed by atoms with van der Waals surface area (Å²) in [7, 11) is -1.35. The molecule has 7 heteroatoms. The molecule has 1 aromatic carbocycles. The van der Waals surface area contributed by atoms with Gasteiger partial charge in [0, 0.05) is 23.3 Å². The van der Waals surface area contributed by atoms with Crippen LogP contribution in [0.3, 0.4) is 0 Å². The van der Waals surface area contributed by atoms with Gasteiger partial charge in [0.05, 0.1) is 34.1 Å². The normalized spacial score (nSPS) is 18.1. The fourth-order valence-corrected chi connectivity index (χ4v) is 3.82. The molecular weight excluding hydrogens is 318 g/mol. The second-order valence-corrected chi connectivity index (χ2v) is 7.01. The lowest BCUT2D eigenvalue weighted by Gasteiger charge is -2.21. The molecule has 0 radical (unpaired) electrons. The minimum atomic E-state index is -1.35. The number of hydrogen-bond acceptors (Lipinski definition) is 6. The minimum absolute atomic E-state index is 0.160. The van der Waals surface area contributed by atoms with E-state index in [0.717, 1.165) is 12.8 Å². The number of benzene rings is 1. The van der Waals surface area contributed by atoms with Gasteiger partial charge in [0.2, 0.25) is 0 Å². The Morgan fingerprint density at radius 2 is 2.13 bits per heavy atom. The highest BCUT2D eigenvalue weighted by molar-refractivity contribution is 7.84. The molecule has 1 atom stereocenters. The van der Waals surface area contributed by atoms with Crippen molar-refractivity contribution in [2.24, 2.45) is 0 Å². The lowest BCUT2D eigenvalue weighted by Crippen LogP contribution is -2.17. The maximum atomic E-state index is 13.0. The van der Waals surface area contributed by atoms with Gasteiger partial charge in [0.15, 0.2) is 18.3 Å². The van der Waals surface area contributed by atoms with Gasteiger partial charge >= 0.3 is 0 Å². The molecule has 1 unspecified atom stereocenters. The van der Waals surface area contributed by atoms with Crippen molar-refractivity contribution >= 4 is 16.6 Å². The maximum absolute atomic E-state index is 13.0. The Bertz CT molecular complexity index is 809. The van der Waals surface area contributed by atoms with Crippen molar-refractivity contribution in [2.45, 2.75) is 30.3 Å². The molecule has 2 heterocycles. The summed E-state index contributed by atoms with van der Waals surface area (Å²) in [5.41, 5.74) is 1.52. The summed E-state index contributed by atoms with van der Waals surface area (Å²) in [6.45, 7) is 0.443. The Kier molecular flexibility index (Phi) is 3.54. The first-order chi connectivity index (χ1) is 11.2. The lowest BCUT2D eigenvalue weighted by molar-refractivity contribution is -0.0179. The third-order valence-electron chi connectivity index (χ3n) is 4.08. The van der Waals surface area contributed by atoms with Crippen molar-refractivity contribution in [1.82, 2.24) is 5.16 Å². The van der Waals surface area contributed by atoms with Crippen LogP contribution in [0.15, 0.2) is 27.7 Å². The van der Waals surface area contributed by atoms with Gasteiger partial charge in [-0.15, -0.1) is 0 Å². The Morgan fingerprint density at radius 1 is 1.30 bits per heavy atom. The number of fused-ring (bicyclic) bond motifs is 1. The molecule has 1 aromatic heterocycles. The van der Waals surface area contributed by atoms with Crippen molar-refractivity contribution in [3.05, 3.63) is 40.8 Å². The topological polar surface area (TPSA) is 78.6 Å². The van der Waals surface area contributed by atoms with Gasteiger partial charge in [-0.05, 0) is 25.0 Å². The van der Waals surface area contributed by atoms with Crippen LogP contribution in [0, 0.1) is 0 Å². The van der Waals surface area contributed by atoms with Crippen LogP contribution in [0.1, 0.15) is 46.0 Å². The van der Waals surface area contributed by atoms with Gasteiger partial charge in [0.25, 0.3) is 0 Å². The highest BCUT2D eigenvalue weighted by atomic mass is 32.2. The summed E-state index contributed by atoms with van der Waals surface area (Å²) in [5, 5.41) is 3.77. The average molecular weight is 333 g/mol. The molecule has 0 amide bonds. The van der Waals surface area contributed by atoms with Gasteiger partial charge in [0.1, 0.15) is 5.75 Å². The van der Waals surface area contributed by atoms with Crippen LogP contribution in [0.4, 0.5) is 0 Å².